The van der Waals surface area contributed by atoms with Gasteiger partial charge in [-0.05, 0) is 43.4 Å². The van der Waals surface area contributed by atoms with Crippen LogP contribution in [0.5, 0.6) is 0 Å². The largest absolute Gasteiger partial charge is 0.385 e. The third-order valence-electron chi connectivity index (χ3n) is 3.88. The molecule has 2 aliphatic rings. The molecule has 3 heteroatoms. The van der Waals surface area contributed by atoms with Gasteiger partial charge in [-0.2, -0.15) is 17.0 Å². The van der Waals surface area contributed by atoms with Crippen molar-refractivity contribution in [3.8, 4) is 6.07 Å². The lowest BCUT2D eigenvalue weighted by Gasteiger charge is -2.36. The Labute approximate surface area is 106 Å². The SMILES string of the molecule is N#Cc1ccc(C2(O)CC3CCC(C2)S3)cc1. The molecule has 2 bridgehead atoms. The Morgan fingerprint density at radius 3 is 2.29 bits per heavy atom. The van der Waals surface area contributed by atoms with E-state index in [0.717, 1.165) is 18.4 Å². The smallest absolute Gasteiger partial charge is 0.0991 e. The molecule has 3 rings (SSSR count). The molecule has 1 N–H and O–H groups in total. The van der Waals surface area contributed by atoms with Crippen molar-refractivity contribution >= 4 is 11.8 Å². The molecule has 2 atom stereocenters. The third kappa shape index (κ3) is 1.96. The lowest BCUT2D eigenvalue weighted by Crippen LogP contribution is -2.34. The predicted octanol–water partition coefficient (Wildman–Crippen LogP) is 2.80. The monoisotopic (exact) mass is 245 g/mol. The molecule has 0 radical (unpaired) electrons. The van der Waals surface area contributed by atoms with Gasteiger partial charge in [0.1, 0.15) is 0 Å². The number of benzene rings is 1. The van der Waals surface area contributed by atoms with Crippen molar-refractivity contribution in [2.24, 2.45) is 0 Å². The fraction of sp³-hybridized carbons (Fsp3) is 0.500. The Hall–Kier alpha value is -0.980. The minimum atomic E-state index is -0.662. The zero-order valence-corrected chi connectivity index (χ0v) is 10.4. The molecule has 2 heterocycles. The first-order valence-electron chi connectivity index (χ1n) is 6.08. The fourth-order valence-corrected chi connectivity index (χ4v) is 4.84. The van der Waals surface area contributed by atoms with E-state index < -0.39 is 5.60 Å². The Bertz CT molecular complexity index is 450. The molecular formula is C14H15NOS. The molecule has 17 heavy (non-hydrogen) atoms. The Morgan fingerprint density at radius 2 is 1.76 bits per heavy atom. The normalized spacial score (nSPS) is 35.5. The highest BCUT2D eigenvalue weighted by atomic mass is 32.2. The summed E-state index contributed by atoms with van der Waals surface area (Å²) in [7, 11) is 0. The topological polar surface area (TPSA) is 44.0 Å². The standard InChI is InChI=1S/C14H15NOS/c15-9-10-1-3-11(4-2-10)14(16)7-12-5-6-13(8-14)17-12/h1-4,12-13,16H,5-8H2. The molecule has 0 aromatic heterocycles. The van der Waals surface area contributed by atoms with E-state index in [0.29, 0.717) is 16.1 Å². The maximum absolute atomic E-state index is 10.8. The lowest BCUT2D eigenvalue weighted by molar-refractivity contribution is 0.0196. The van der Waals surface area contributed by atoms with Crippen LogP contribution >= 0.6 is 11.8 Å². The van der Waals surface area contributed by atoms with Crippen molar-refractivity contribution < 1.29 is 5.11 Å². The highest BCUT2D eigenvalue weighted by molar-refractivity contribution is 8.00. The van der Waals surface area contributed by atoms with Crippen LogP contribution in [0.15, 0.2) is 24.3 Å². The van der Waals surface area contributed by atoms with Crippen LogP contribution in [0.2, 0.25) is 0 Å². The molecule has 1 aromatic carbocycles. The highest BCUT2D eigenvalue weighted by Gasteiger charge is 2.44. The van der Waals surface area contributed by atoms with Crippen molar-refractivity contribution in [1.82, 2.24) is 0 Å². The van der Waals surface area contributed by atoms with Crippen LogP contribution in [0.1, 0.15) is 36.8 Å². The Morgan fingerprint density at radius 1 is 1.18 bits per heavy atom. The van der Waals surface area contributed by atoms with Crippen molar-refractivity contribution in [3.63, 3.8) is 0 Å². The van der Waals surface area contributed by atoms with Gasteiger partial charge in [0, 0.05) is 10.5 Å². The van der Waals surface area contributed by atoms with Crippen LogP contribution in [0, 0.1) is 11.3 Å². The van der Waals surface area contributed by atoms with Crippen molar-refractivity contribution in [3.05, 3.63) is 35.4 Å². The van der Waals surface area contributed by atoms with E-state index in [1.807, 2.05) is 23.9 Å². The number of rotatable bonds is 1. The number of hydrogen-bond acceptors (Lipinski definition) is 3. The van der Waals surface area contributed by atoms with E-state index >= 15 is 0 Å². The van der Waals surface area contributed by atoms with Gasteiger partial charge in [-0.1, -0.05) is 12.1 Å². The van der Waals surface area contributed by atoms with Crippen LogP contribution < -0.4 is 0 Å². The number of thioether (sulfide) groups is 1. The van der Waals surface area contributed by atoms with Gasteiger partial charge in [0.05, 0.1) is 17.2 Å². The van der Waals surface area contributed by atoms with Crippen molar-refractivity contribution in [1.29, 1.82) is 5.26 Å². The number of nitrogens with zero attached hydrogens (tertiary/aromatic N) is 1. The summed E-state index contributed by atoms with van der Waals surface area (Å²) in [4.78, 5) is 0. The number of aliphatic hydroxyl groups is 1. The van der Waals surface area contributed by atoms with E-state index in [4.69, 9.17) is 5.26 Å². The summed E-state index contributed by atoms with van der Waals surface area (Å²) in [6.45, 7) is 0. The van der Waals surface area contributed by atoms with E-state index in [2.05, 4.69) is 6.07 Å². The van der Waals surface area contributed by atoms with Crippen LogP contribution in [-0.2, 0) is 5.60 Å². The van der Waals surface area contributed by atoms with Gasteiger partial charge in [0.2, 0.25) is 0 Å². The maximum atomic E-state index is 10.8. The van der Waals surface area contributed by atoms with Crippen molar-refractivity contribution in [2.75, 3.05) is 0 Å². The molecule has 88 valence electrons. The average molecular weight is 245 g/mol. The van der Waals surface area contributed by atoms with E-state index in [-0.39, 0.29) is 0 Å². The molecule has 2 aliphatic heterocycles. The maximum Gasteiger partial charge on any atom is 0.0991 e. The second-order valence-corrected chi connectivity index (χ2v) is 6.69. The molecule has 0 aliphatic carbocycles. The number of nitriles is 1. The van der Waals surface area contributed by atoms with Crippen LogP contribution in [0.4, 0.5) is 0 Å². The highest BCUT2D eigenvalue weighted by Crippen LogP contribution is 2.51. The van der Waals surface area contributed by atoms with Crippen LogP contribution in [0.3, 0.4) is 0 Å². The van der Waals surface area contributed by atoms with Gasteiger partial charge in [-0.25, -0.2) is 0 Å². The Kier molecular flexibility index (Phi) is 2.65. The van der Waals surface area contributed by atoms with Crippen LogP contribution in [-0.4, -0.2) is 15.6 Å². The zero-order valence-electron chi connectivity index (χ0n) is 9.60. The summed E-state index contributed by atoms with van der Waals surface area (Å²) in [5.41, 5.74) is 0.977. The van der Waals surface area contributed by atoms with Crippen LogP contribution in [0.25, 0.3) is 0 Å². The molecule has 0 spiro atoms. The quantitative estimate of drug-likeness (QED) is 0.827. The van der Waals surface area contributed by atoms with Gasteiger partial charge in [-0.15, -0.1) is 0 Å². The molecule has 1 aromatic rings. The number of hydrogen-bond donors (Lipinski definition) is 1. The second kappa shape index (κ2) is 4.04. The zero-order chi connectivity index (χ0) is 11.9. The van der Waals surface area contributed by atoms with Gasteiger partial charge in [0.25, 0.3) is 0 Å². The minimum absolute atomic E-state index is 0.620. The first-order valence-corrected chi connectivity index (χ1v) is 7.02. The van der Waals surface area contributed by atoms with E-state index in [1.54, 1.807) is 12.1 Å². The molecule has 0 amide bonds. The summed E-state index contributed by atoms with van der Waals surface area (Å²) in [5, 5.41) is 20.8. The molecular weight excluding hydrogens is 230 g/mol. The molecule has 2 unspecified atom stereocenters. The average Bonchev–Trinajstić information content (AvgIpc) is 2.69. The first kappa shape index (κ1) is 11.1. The van der Waals surface area contributed by atoms with Gasteiger partial charge in [0.15, 0.2) is 0 Å². The van der Waals surface area contributed by atoms with Gasteiger partial charge >= 0.3 is 0 Å². The fourth-order valence-electron chi connectivity index (χ4n) is 3.01. The molecule has 0 saturated carbocycles. The number of fused-ring (bicyclic) bond motifs is 2. The summed E-state index contributed by atoms with van der Waals surface area (Å²) in [6.07, 6.45) is 4.21. The third-order valence-corrected chi connectivity index (χ3v) is 5.45. The Balaban J connectivity index is 1.89. The van der Waals surface area contributed by atoms with E-state index in [9.17, 15) is 5.11 Å². The molecule has 2 saturated heterocycles. The summed E-state index contributed by atoms with van der Waals surface area (Å²) in [6, 6.07) is 9.54. The van der Waals surface area contributed by atoms with Crippen molar-refractivity contribution in [2.45, 2.75) is 41.8 Å². The molecule has 2 nitrogen and oxygen atoms in total. The summed E-state index contributed by atoms with van der Waals surface area (Å²) < 4.78 is 0. The summed E-state index contributed by atoms with van der Waals surface area (Å²) in [5.74, 6) is 0. The summed E-state index contributed by atoms with van der Waals surface area (Å²) >= 11 is 2.04. The second-order valence-electron chi connectivity index (χ2n) is 5.09. The van der Waals surface area contributed by atoms with Gasteiger partial charge < -0.3 is 5.11 Å². The van der Waals surface area contributed by atoms with E-state index in [1.165, 1.54) is 12.8 Å². The predicted molar refractivity (Wildman–Crippen MR) is 68.7 cm³/mol. The molecule has 2 fully saturated rings. The van der Waals surface area contributed by atoms with Gasteiger partial charge in [-0.3, -0.25) is 0 Å². The lowest BCUT2D eigenvalue weighted by atomic mass is 9.85. The minimum Gasteiger partial charge on any atom is -0.385 e. The first-order chi connectivity index (χ1) is 8.19.